The van der Waals surface area contributed by atoms with Crippen molar-refractivity contribution in [1.29, 1.82) is 0 Å². The van der Waals surface area contributed by atoms with E-state index in [2.05, 4.69) is 5.32 Å². The van der Waals surface area contributed by atoms with Gasteiger partial charge in [-0.2, -0.15) is 0 Å². The highest BCUT2D eigenvalue weighted by atomic mass is 19.1. The van der Waals surface area contributed by atoms with E-state index in [4.69, 9.17) is 11.5 Å². The minimum atomic E-state index is -0.673. The van der Waals surface area contributed by atoms with Crippen LogP contribution >= 0.6 is 0 Å². The number of hydrogen-bond donors (Lipinski definition) is 3. The van der Waals surface area contributed by atoms with E-state index in [0.717, 1.165) is 24.8 Å². The molecular weight excluding hydrogens is 260 g/mol. The van der Waals surface area contributed by atoms with Gasteiger partial charge < -0.3 is 16.8 Å². The average molecular weight is 279 g/mol. The Hall–Kier alpha value is -2.04. The van der Waals surface area contributed by atoms with Crippen LogP contribution in [0.5, 0.6) is 0 Å². The third-order valence-electron chi connectivity index (χ3n) is 3.41. The Balaban J connectivity index is 2.37. The summed E-state index contributed by atoms with van der Waals surface area (Å²) in [6.07, 6.45) is 4.24. The van der Waals surface area contributed by atoms with Crippen molar-refractivity contribution in [2.75, 3.05) is 0 Å². The average Bonchev–Trinajstić information content (AvgIpc) is 2.51. The molecule has 0 bridgehead atoms. The predicted octanol–water partition coefficient (Wildman–Crippen LogP) is 2.60. The normalized spacial score (nSPS) is 20.6. The molecule has 0 saturated heterocycles. The van der Waals surface area contributed by atoms with Gasteiger partial charge in [0.25, 0.3) is 0 Å². The van der Waals surface area contributed by atoms with Gasteiger partial charge in [0.1, 0.15) is 11.6 Å². The Labute approximate surface area is 117 Å². The second-order valence-corrected chi connectivity index (χ2v) is 5.07. The molecule has 1 atom stereocenters. The largest absolute Gasteiger partial charge is 0.398 e. The number of benzene rings is 1. The lowest BCUT2D eigenvalue weighted by molar-refractivity contribution is 0.564. The Morgan fingerprint density at radius 2 is 2.00 bits per heavy atom. The SMILES string of the molecule is CC1CCCC(/C=C(\N)c2c(F)cccc2F)=C(N)N1. The third-order valence-corrected chi connectivity index (χ3v) is 3.41. The molecular formula is C15H19F2N3. The van der Waals surface area contributed by atoms with Gasteiger partial charge in [-0.05, 0) is 50.0 Å². The van der Waals surface area contributed by atoms with Crippen molar-refractivity contribution in [3.63, 3.8) is 0 Å². The topological polar surface area (TPSA) is 64.1 Å². The molecule has 0 fully saturated rings. The highest BCUT2D eigenvalue weighted by Crippen LogP contribution is 2.23. The van der Waals surface area contributed by atoms with Gasteiger partial charge >= 0.3 is 0 Å². The fourth-order valence-corrected chi connectivity index (χ4v) is 2.35. The number of nitrogens with two attached hydrogens (primary N) is 2. The molecule has 1 aliphatic heterocycles. The Morgan fingerprint density at radius 3 is 2.65 bits per heavy atom. The molecule has 1 aliphatic rings. The van der Waals surface area contributed by atoms with E-state index in [9.17, 15) is 8.78 Å². The van der Waals surface area contributed by atoms with Crippen LogP contribution in [0.3, 0.4) is 0 Å². The van der Waals surface area contributed by atoms with Crippen LogP contribution in [0.4, 0.5) is 8.78 Å². The van der Waals surface area contributed by atoms with Gasteiger partial charge in [0, 0.05) is 11.7 Å². The zero-order chi connectivity index (χ0) is 14.7. The summed E-state index contributed by atoms with van der Waals surface area (Å²) < 4.78 is 27.3. The lowest BCUT2D eigenvalue weighted by Crippen LogP contribution is -2.28. The highest BCUT2D eigenvalue weighted by Gasteiger charge is 2.15. The summed E-state index contributed by atoms with van der Waals surface area (Å²) in [5, 5.41) is 3.15. The molecule has 0 spiro atoms. The fraction of sp³-hybridized carbons (Fsp3) is 0.333. The molecule has 0 radical (unpaired) electrons. The maximum Gasteiger partial charge on any atom is 0.135 e. The van der Waals surface area contributed by atoms with Crippen LogP contribution in [-0.4, -0.2) is 6.04 Å². The smallest absolute Gasteiger partial charge is 0.135 e. The standard InChI is InChI=1S/C15H19F2N3/c1-9-4-2-5-10(15(19)20-9)8-13(18)14-11(16)6-3-7-12(14)17/h3,6-9,20H,2,4-5,18-19H2,1H3/b13-8-. The zero-order valence-corrected chi connectivity index (χ0v) is 11.4. The van der Waals surface area contributed by atoms with Crippen LogP contribution in [-0.2, 0) is 0 Å². The number of nitrogens with one attached hydrogen (secondary N) is 1. The van der Waals surface area contributed by atoms with Crippen LogP contribution < -0.4 is 16.8 Å². The molecule has 5 heteroatoms. The monoisotopic (exact) mass is 279 g/mol. The van der Waals surface area contributed by atoms with Crippen molar-refractivity contribution in [2.45, 2.75) is 32.2 Å². The molecule has 108 valence electrons. The highest BCUT2D eigenvalue weighted by molar-refractivity contribution is 5.66. The van der Waals surface area contributed by atoms with Crippen molar-refractivity contribution in [1.82, 2.24) is 5.32 Å². The molecule has 0 aliphatic carbocycles. The summed E-state index contributed by atoms with van der Waals surface area (Å²) in [6, 6.07) is 3.96. The number of hydrogen-bond acceptors (Lipinski definition) is 3. The van der Waals surface area contributed by atoms with Crippen molar-refractivity contribution in [3.8, 4) is 0 Å². The van der Waals surface area contributed by atoms with Crippen LogP contribution in [0.2, 0.25) is 0 Å². The minimum Gasteiger partial charge on any atom is -0.398 e. The zero-order valence-electron chi connectivity index (χ0n) is 11.4. The number of rotatable bonds is 2. The minimum absolute atomic E-state index is 0.0508. The quantitative estimate of drug-likeness (QED) is 0.779. The van der Waals surface area contributed by atoms with Crippen molar-refractivity contribution in [3.05, 3.63) is 52.9 Å². The Bertz CT molecular complexity index is 544. The molecule has 5 N–H and O–H groups in total. The molecule has 0 aromatic heterocycles. The van der Waals surface area contributed by atoms with Crippen molar-refractivity contribution >= 4 is 5.70 Å². The van der Waals surface area contributed by atoms with Crippen molar-refractivity contribution in [2.24, 2.45) is 11.5 Å². The first-order valence-electron chi connectivity index (χ1n) is 6.65. The maximum absolute atomic E-state index is 13.7. The molecule has 3 nitrogen and oxygen atoms in total. The van der Waals surface area contributed by atoms with Gasteiger partial charge in [0.15, 0.2) is 0 Å². The first-order valence-corrected chi connectivity index (χ1v) is 6.65. The molecule has 0 saturated carbocycles. The summed E-state index contributed by atoms with van der Waals surface area (Å²) in [4.78, 5) is 0. The summed E-state index contributed by atoms with van der Waals surface area (Å²) in [7, 11) is 0. The van der Waals surface area contributed by atoms with E-state index >= 15 is 0 Å². The Morgan fingerprint density at radius 1 is 1.35 bits per heavy atom. The van der Waals surface area contributed by atoms with Gasteiger partial charge in [0.05, 0.1) is 11.4 Å². The first kappa shape index (κ1) is 14.4. The molecule has 20 heavy (non-hydrogen) atoms. The van der Waals surface area contributed by atoms with E-state index in [-0.39, 0.29) is 17.3 Å². The molecule has 0 amide bonds. The van der Waals surface area contributed by atoms with E-state index in [0.29, 0.717) is 5.82 Å². The molecule has 1 aromatic rings. The fourth-order valence-electron chi connectivity index (χ4n) is 2.35. The molecule has 1 heterocycles. The molecule has 2 rings (SSSR count). The molecule has 1 unspecified atom stereocenters. The van der Waals surface area contributed by atoms with Crippen LogP contribution in [0.25, 0.3) is 5.70 Å². The number of halogens is 2. The lowest BCUT2D eigenvalue weighted by Gasteiger charge is -2.12. The van der Waals surface area contributed by atoms with Gasteiger partial charge in [-0.1, -0.05) is 6.07 Å². The van der Waals surface area contributed by atoms with Gasteiger partial charge in [-0.15, -0.1) is 0 Å². The van der Waals surface area contributed by atoms with Crippen LogP contribution in [0.1, 0.15) is 31.7 Å². The van der Waals surface area contributed by atoms with E-state index in [1.165, 1.54) is 18.2 Å². The van der Waals surface area contributed by atoms with Crippen molar-refractivity contribution < 1.29 is 8.78 Å². The summed E-state index contributed by atoms with van der Waals surface area (Å²) >= 11 is 0. The summed E-state index contributed by atoms with van der Waals surface area (Å²) in [5.74, 6) is -0.824. The van der Waals surface area contributed by atoms with Crippen LogP contribution in [0.15, 0.2) is 35.7 Å². The summed E-state index contributed by atoms with van der Waals surface area (Å²) in [5.41, 5.74) is 12.4. The van der Waals surface area contributed by atoms with E-state index in [1.54, 1.807) is 6.08 Å². The number of allylic oxidation sites excluding steroid dienone is 2. The lowest BCUT2D eigenvalue weighted by atomic mass is 10.0. The summed E-state index contributed by atoms with van der Waals surface area (Å²) in [6.45, 7) is 2.04. The maximum atomic E-state index is 13.7. The Kier molecular flexibility index (Phi) is 4.27. The van der Waals surface area contributed by atoms with Gasteiger partial charge in [-0.25, -0.2) is 8.78 Å². The van der Waals surface area contributed by atoms with E-state index in [1.807, 2.05) is 6.92 Å². The third kappa shape index (κ3) is 3.10. The van der Waals surface area contributed by atoms with Crippen LogP contribution in [0, 0.1) is 11.6 Å². The molecule has 1 aromatic carbocycles. The van der Waals surface area contributed by atoms with Gasteiger partial charge in [-0.3, -0.25) is 0 Å². The second kappa shape index (κ2) is 5.94. The van der Waals surface area contributed by atoms with Gasteiger partial charge in [0.2, 0.25) is 0 Å². The second-order valence-electron chi connectivity index (χ2n) is 5.07. The first-order chi connectivity index (χ1) is 9.49. The van der Waals surface area contributed by atoms with E-state index < -0.39 is 11.6 Å². The predicted molar refractivity (Wildman–Crippen MR) is 76.2 cm³/mol.